The minimum absolute atomic E-state index is 0.102. The van der Waals surface area contributed by atoms with E-state index in [0.717, 1.165) is 65.7 Å². The summed E-state index contributed by atoms with van der Waals surface area (Å²) in [6.45, 7) is 6.40. The Morgan fingerprint density at radius 1 is 1.05 bits per heavy atom. The van der Waals surface area contributed by atoms with Crippen LogP contribution in [0, 0.1) is 13.8 Å². The van der Waals surface area contributed by atoms with E-state index >= 15 is 0 Å². The molecule has 5 rings (SSSR count). The Hall–Kier alpha value is -3.19. The first-order chi connectivity index (χ1) is 18.7. The molecule has 0 saturated heterocycles. The van der Waals surface area contributed by atoms with Crippen LogP contribution in [0.1, 0.15) is 29.6 Å². The number of amides is 2. The van der Waals surface area contributed by atoms with Crippen molar-refractivity contribution in [3.8, 4) is 5.69 Å². The first-order valence-corrected chi connectivity index (χ1v) is 16.3. The van der Waals surface area contributed by atoms with Gasteiger partial charge < -0.3 is 5.32 Å². The van der Waals surface area contributed by atoms with Crippen LogP contribution in [0.15, 0.2) is 72.6 Å². The van der Waals surface area contributed by atoms with E-state index in [4.69, 9.17) is 9.97 Å². The number of nitrogens with one attached hydrogen (secondary N) is 2. The predicted octanol–water partition coefficient (Wildman–Crippen LogP) is 6.10. The minimum atomic E-state index is -3.94. The molecule has 5 aromatic rings. The van der Waals surface area contributed by atoms with E-state index < -0.39 is 16.1 Å². The second-order valence-corrected chi connectivity index (χ2v) is 14.4. The lowest BCUT2D eigenvalue weighted by Gasteiger charge is -2.10. The molecule has 0 spiro atoms. The third kappa shape index (κ3) is 6.19. The van der Waals surface area contributed by atoms with Crippen molar-refractivity contribution in [3.63, 3.8) is 0 Å². The monoisotopic (exact) mass is 597 g/mol. The summed E-state index contributed by atoms with van der Waals surface area (Å²) in [4.78, 5) is 21.9. The Bertz CT molecular complexity index is 1720. The van der Waals surface area contributed by atoms with E-state index in [-0.39, 0.29) is 4.21 Å². The normalized spacial score (nSPS) is 11.7. The van der Waals surface area contributed by atoms with Crippen LogP contribution in [0.2, 0.25) is 0 Å². The summed E-state index contributed by atoms with van der Waals surface area (Å²) < 4.78 is 31.5. The summed E-state index contributed by atoms with van der Waals surface area (Å²) in [5, 5.41) is 4.61. The number of pyridine rings is 1. The Labute approximate surface area is 239 Å². The first-order valence-electron chi connectivity index (χ1n) is 12.3. The van der Waals surface area contributed by atoms with Gasteiger partial charge in [0.25, 0.3) is 10.0 Å². The summed E-state index contributed by atoms with van der Waals surface area (Å²) in [6, 6.07) is 16.5. The molecule has 0 unspecified atom stereocenters. The number of thiophene rings is 2. The number of benzene rings is 1. The van der Waals surface area contributed by atoms with Crippen molar-refractivity contribution in [2.75, 3.05) is 6.54 Å². The molecule has 0 radical (unpaired) electrons. The van der Waals surface area contributed by atoms with E-state index in [1.54, 1.807) is 17.4 Å². The molecule has 0 atom stereocenters. The Morgan fingerprint density at radius 2 is 1.85 bits per heavy atom. The van der Waals surface area contributed by atoms with Crippen LogP contribution in [0.5, 0.6) is 0 Å². The maximum Gasteiger partial charge on any atom is 0.328 e. The van der Waals surface area contributed by atoms with Crippen LogP contribution in [-0.4, -0.2) is 35.5 Å². The summed E-state index contributed by atoms with van der Waals surface area (Å²) >= 11 is 4.22. The lowest BCUT2D eigenvalue weighted by atomic mass is 10.1. The average Bonchev–Trinajstić information content (AvgIpc) is 3.65. The quantitative estimate of drug-likeness (QED) is 0.213. The molecular weight excluding hydrogens is 571 g/mol. The number of rotatable bonds is 9. The van der Waals surface area contributed by atoms with Crippen molar-refractivity contribution in [2.24, 2.45) is 0 Å². The van der Waals surface area contributed by atoms with Gasteiger partial charge in [0.15, 0.2) is 5.65 Å². The van der Waals surface area contributed by atoms with Crippen LogP contribution in [0.3, 0.4) is 0 Å². The maximum absolute atomic E-state index is 12.6. The van der Waals surface area contributed by atoms with Crippen LogP contribution < -0.4 is 10.0 Å². The number of nitrogens with zero attached hydrogens (tertiary/aromatic N) is 3. The minimum Gasteiger partial charge on any atom is -0.337 e. The van der Waals surface area contributed by atoms with Gasteiger partial charge in [-0.05, 0) is 73.2 Å². The molecule has 0 saturated carbocycles. The van der Waals surface area contributed by atoms with Crippen molar-refractivity contribution < 1.29 is 13.2 Å². The van der Waals surface area contributed by atoms with Gasteiger partial charge in [-0.3, -0.25) is 4.57 Å². The van der Waals surface area contributed by atoms with Crippen molar-refractivity contribution in [1.29, 1.82) is 0 Å². The molecule has 4 heterocycles. The van der Waals surface area contributed by atoms with Crippen LogP contribution in [0.4, 0.5) is 4.79 Å². The number of fused-ring (bicyclic) bond motifs is 1. The molecule has 2 N–H and O–H groups in total. The zero-order valence-corrected chi connectivity index (χ0v) is 24.9. The summed E-state index contributed by atoms with van der Waals surface area (Å²) in [5.74, 6) is 0.946. The van der Waals surface area contributed by atoms with Gasteiger partial charge in [0.05, 0.1) is 8.42 Å². The fourth-order valence-corrected chi connectivity index (χ4v) is 8.73. The average molecular weight is 598 g/mol. The molecule has 1 aromatic carbocycles. The summed E-state index contributed by atoms with van der Waals surface area (Å²) in [5.41, 5.74) is 5.79. The lowest BCUT2D eigenvalue weighted by Crippen LogP contribution is -2.39. The van der Waals surface area contributed by atoms with E-state index in [0.29, 0.717) is 13.0 Å². The molecule has 39 heavy (non-hydrogen) atoms. The van der Waals surface area contributed by atoms with Gasteiger partial charge >= 0.3 is 6.03 Å². The van der Waals surface area contributed by atoms with Gasteiger partial charge in [-0.1, -0.05) is 36.9 Å². The highest BCUT2D eigenvalue weighted by Gasteiger charge is 2.20. The van der Waals surface area contributed by atoms with Gasteiger partial charge in [0, 0.05) is 24.3 Å². The Balaban J connectivity index is 1.18. The highest BCUT2D eigenvalue weighted by molar-refractivity contribution is 8.03. The maximum atomic E-state index is 12.6. The van der Waals surface area contributed by atoms with Crippen molar-refractivity contribution in [1.82, 2.24) is 24.6 Å². The number of aryl methyl sites for hydroxylation is 3. The number of carbonyl (C=O) groups excluding carboxylic acids is 1. The zero-order chi connectivity index (χ0) is 27.6. The van der Waals surface area contributed by atoms with Crippen LogP contribution in [-0.2, 0) is 22.9 Å². The standard InChI is InChI=1S/C27H27N5O3S4/c1-4-21-30-25-17(2)16-18(3)29-26(25)32(21)20-9-7-19(8-10-20)13-14-28-27(33)31-39(34,35)24-12-11-23(38-24)37-22-6-5-15-36-22/h5-12,15-16H,4,13-14H2,1-3H3,(H2,28,31,33). The van der Waals surface area contributed by atoms with Crippen molar-refractivity contribution >= 4 is 61.7 Å². The highest BCUT2D eigenvalue weighted by Crippen LogP contribution is 2.37. The fourth-order valence-electron chi connectivity index (χ4n) is 4.18. The van der Waals surface area contributed by atoms with Crippen LogP contribution >= 0.6 is 34.4 Å². The third-order valence-electron chi connectivity index (χ3n) is 5.96. The highest BCUT2D eigenvalue weighted by atomic mass is 32.3. The van der Waals surface area contributed by atoms with Crippen LogP contribution in [0.25, 0.3) is 16.9 Å². The number of sulfonamides is 1. The molecule has 0 aliphatic heterocycles. The number of carbonyl (C=O) groups is 1. The Kier molecular flexibility index (Phi) is 8.08. The van der Waals surface area contributed by atoms with E-state index in [2.05, 4.69) is 28.5 Å². The Morgan fingerprint density at radius 3 is 2.56 bits per heavy atom. The molecule has 0 aliphatic carbocycles. The predicted molar refractivity (Wildman–Crippen MR) is 158 cm³/mol. The number of hydrogen-bond donors (Lipinski definition) is 2. The van der Waals surface area contributed by atoms with E-state index in [1.165, 1.54) is 17.8 Å². The number of imidazole rings is 1. The van der Waals surface area contributed by atoms with Gasteiger partial charge in [0.2, 0.25) is 0 Å². The topological polar surface area (TPSA) is 106 Å². The zero-order valence-electron chi connectivity index (χ0n) is 21.6. The van der Waals surface area contributed by atoms with Gasteiger partial charge in [0.1, 0.15) is 15.6 Å². The molecule has 0 aliphatic rings. The lowest BCUT2D eigenvalue weighted by molar-refractivity contribution is 0.246. The van der Waals surface area contributed by atoms with E-state index in [1.807, 2.05) is 54.8 Å². The van der Waals surface area contributed by atoms with Crippen molar-refractivity contribution in [2.45, 2.75) is 46.2 Å². The molecule has 0 fully saturated rings. The second kappa shape index (κ2) is 11.5. The summed E-state index contributed by atoms with van der Waals surface area (Å²) in [6.07, 6.45) is 1.33. The van der Waals surface area contributed by atoms with Gasteiger partial charge in [-0.25, -0.2) is 27.9 Å². The molecule has 4 aromatic heterocycles. The molecule has 202 valence electrons. The SMILES string of the molecule is CCc1nc2c(C)cc(C)nc2n1-c1ccc(CCNC(=O)NS(=O)(=O)c2ccc(Sc3cccs3)s2)cc1. The smallest absolute Gasteiger partial charge is 0.328 e. The molecule has 2 amide bonds. The third-order valence-corrected chi connectivity index (χ3v) is 11.0. The van der Waals surface area contributed by atoms with Gasteiger partial charge in [-0.15, -0.1) is 22.7 Å². The van der Waals surface area contributed by atoms with E-state index in [9.17, 15) is 13.2 Å². The largest absolute Gasteiger partial charge is 0.337 e. The second-order valence-electron chi connectivity index (χ2n) is 8.86. The van der Waals surface area contributed by atoms with Gasteiger partial charge in [-0.2, -0.15) is 0 Å². The number of hydrogen-bond acceptors (Lipinski definition) is 8. The van der Waals surface area contributed by atoms with Crippen molar-refractivity contribution in [3.05, 3.63) is 82.6 Å². The fraction of sp³-hybridized carbons (Fsp3) is 0.222. The molecular formula is C27H27N5O3S4. The molecule has 12 heteroatoms. The molecule has 8 nitrogen and oxygen atoms in total. The molecule has 0 bridgehead atoms. The number of urea groups is 1. The summed E-state index contributed by atoms with van der Waals surface area (Å²) in [7, 11) is -3.94. The number of aromatic nitrogens is 3. The first kappa shape index (κ1) is 27.4.